The monoisotopic (exact) mass is 628 g/mol. The highest BCUT2D eigenvalue weighted by Crippen LogP contribution is 2.23. The molecule has 0 saturated heterocycles. The van der Waals surface area contributed by atoms with Gasteiger partial charge < -0.3 is 34.3 Å². The van der Waals surface area contributed by atoms with E-state index < -0.39 is 12.2 Å². The molecule has 0 radical (unpaired) electrons. The Kier molecular flexibility index (Phi) is 17.5. The SMILES string of the molecule is COc1ccc2cc(CCC[C@H](O)COCCOC[C@@H](O)CCCCC(O)CCCCCCCC3=C[C@H](C)OC3=O)ccc2c1. The van der Waals surface area contributed by atoms with Gasteiger partial charge in [0.05, 0.1) is 51.8 Å². The Bertz CT molecular complexity index is 1150. The van der Waals surface area contributed by atoms with Gasteiger partial charge in [-0.05, 0) is 92.8 Å². The van der Waals surface area contributed by atoms with Gasteiger partial charge in [-0.25, -0.2) is 4.79 Å². The predicted octanol–water partition coefficient (Wildman–Crippen LogP) is 6.45. The highest BCUT2D eigenvalue weighted by Gasteiger charge is 2.21. The molecule has 45 heavy (non-hydrogen) atoms. The van der Waals surface area contributed by atoms with Crippen LogP contribution in [0.5, 0.6) is 5.75 Å². The van der Waals surface area contributed by atoms with Crippen molar-refractivity contribution in [1.29, 1.82) is 0 Å². The molecular formula is C37H56O8. The normalized spacial score (nSPS) is 16.9. The van der Waals surface area contributed by atoms with E-state index in [-0.39, 0.29) is 31.4 Å². The van der Waals surface area contributed by atoms with Crippen molar-refractivity contribution in [2.75, 3.05) is 33.5 Å². The molecular weight excluding hydrogens is 572 g/mol. The molecule has 0 aromatic heterocycles. The molecule has 3 rings (SSSR count). The van der Waals surface area contributed by atoms with Gasteiger partial charge in [-0.2, -0.15) is 0 Å². The summed E-state index contributed by atoms with van der Waals surface area (Å²) in [5.41, 5.74) is 2.07. The van der Waals surface area contributed by atoms with Crippen LogP contribution in [0.2, 0.25) is 0 Å². The zero-order chi connectivity index (χ0) is 32.3. The molecule has 0 saturated carbocycles. The van der Waals surface area contributed by atoms with Crippen LogP contribution in [0.25, 0.3) is 10.8 Å². The molecule has 2 aromatic rings. The molecule has 4 atom stereocenters. The molecule has 0 fully saturated rings. The van der Waals surface area contributed by atoms with Crippen LogP contribution >= 0.6 is 0 Å². The van der Waals surface area contributed by atoms with Crippen LogP contribution in [0.3, 0.4) is 0 Å². The summed E-state index contributed by atoms with van der Waals surface area (Å²) in [5, 5.41) is 33.0. The molecule has 252 valence electrons. The van der Waals surface area contributed by atoms with Crippen molar-refractivity contribution in [1.82, 2.24) is 0 Å². The summed E-state index contributed by atoms with van der Waals surface area (Å²) < 4.78 is 21.5. The van der Waals surface area contributed by atoms with Gasteiger partial charge in [-0.15, -0.1) is 0 Å². The molecule has 1 aliphatic heterocycles. The van der Waals surface area contributed by atoms with Crippen molar-refractivity contribution >= 4 is 16.7 Å². The van der Waals surface area contributed by atoms with Gasteiger partial charge in [-0.3, -0.25) is 0 Å². The third-order valence-electron chi connectivity index (χ3n) is 8.41. The molecule has 0 bridgehead atoms. The first-order valence-corrected chi connectivity index (χ1v) is 17.0. The molecule has 2 aromatic carbocycles. The largest absolute Gasteiger partial charge is 0.497 e. The van der Waals surface area contributed by atoms with Crippen molar-refractivity contribution in [3.8, 4) is 5.75 Å². The summed E-state index contributed by atoms with van der Waals surface area (Å²) >= 11 is 0. The molecule has 1 heterocycles. The van der Waals surface area contributed by atoms with Crippen molar-refractivity contribution < 1.29 is 39.1 Å². The minimum atomic E-state index is -0.519. The molecule has 0 aliphatic carbocycles. The maximum atomic E-state index is 11.6. The summed E-state index contributed by atoms with van der Waals surface area (Å²) in [4.78, 5) is 11.6. The predicted molar refractivity (Wildman–Crippen MR) is 178 cm³/mol. The van der Waals surface area contributed by atoms with Crippen LogP contribution in [0.1, 0.15) is 96.0 Å². The molecule has 1 unspecified atom stereocenters. The van der Waals surface area contributed by atoms with Crippen LogP contribution in [0.4, 0.5) is 0 Å². The minimum absolute atomic E-state index is 0.0847. The molecule has 0 spiro atoms. The maximum Gasteiger partial charge on any atom is 0.334 e. The highest BCUT2D eigenvalue weighted by molar-refractivity contribution is 5.90. The third-order valence-corrected chi connectivity index (χ3v) is 8.41. The number of fused-ring (bicyclic) bond motifs is 1. The number of esters is 1. The van der Waals surface area contributed by atoms with Gasteiger partial charge in [0.25, 0.3) is 0 Å². The first kappa shape index (κ1) is 37.0. The number of cyclic esters (lactones) is 1. The number of aliphatic hydroxyl groups excluding tert-OH is 3. The molecule has 0 amide bonds. The van der Waals surface area contributed by atoms with Gasteiger partial charge in [-0.1, -0.05) is 62.8 Å². The number of aliphatic hydroxyl groups is 3. The topological polar surface area (TPSA) is 115 Å². The number of methoxy groups -OCH3 is 1. The Labute approximate surface area is 269 Å². The van der Waals surface area contributed by atoms with E-state index in [0.717, 1.165) is 93.8 Å². The maximum absolute atomic E-state index is 11.6. The van der Waals surface area contributed by atoms with Crippen molar-refractivity contribution in [2.24, 2.45) is 0 Å². The highest BCUT2D eigenvalue weighted by atomic mass is 16.5. The number of ether oxygens (including phenoxy) is 4. The second-order valence-corrected chi connectivity index (χ2v) is 12.4. The Morgan fingerprint density at radius 3 is 1.96 bits per heavy atom. The first-order chi connectivity index (χ1) is 21.8. The quantitative estimate of drug-likeness (QED) is 0.0849. The van der Waals surface area contributed by atoms with Crippen LogP contribution in [-0.2, 0) is 25.4 Å². The number of rotatable bonds is 25. The van der Waals surface area contributed by atoms with E-state index in [2.05, 4.69) is 24.3 Å². The fourth-order valence-electron chi connectivity index (χ4n) is 5.77. The molecule has 8 heteroatoms. The zero-order valence-corrected chi connectivity index (χ0v) is 27.5. The van der Waals surface area contributed by atoms with E-state index in [1.165, 1.54) is 10.9 Å². The van der Waals surface area contributed by atoms with Crippen LogP contribution in [-0.4, -0.2) is 79.2 Å². The van der Waals surface area contributed by atoms with E-state index >= 15 is 0 Å². The Hall–Kier alpha value is -2.49. The smallest absolute Gasteiger partial charge is 0.334 e. The minimum Gasteiger partial charge on any atom is -0.497 e. The van der Waals surface area contributed by atoms with Crippen molar-refractivity contribution in [3.05, 3.63) is 53.6 Å². The number of aryl methyl sites for hydroxylation is 1. The molecule has 3 N–H and O–H groups in total. The van der Waals surface area contributed by atoms with E-state index in [0.29, 0.717) is 26.1 Å². The fraction of sp³-hybridized carbons (Fsp3) is 0.649. The Balaban J connectivity index is 1.08. The van der Waals surface area contributed by atoms with E-state index in [9.17, 15) is 20.1 Å². The van der Waals surface area contributed by atoms with Crippen LogP contribution in [0.15, 0.2) is 48.0 Å². The second kappa shape index (κ2) is 21.3. The lowest BCUT2D eigenvalue weighted by Crippen LogP contribution is -2.20. The Morgan fingerprint density at radius 2 is 1.29 bits per heavy atom. The lowest BCUT2D eigenvalue weighted by atomic mass is 10.0. The summed E-state index contributed by atoms with van der Waals surface area (Å²) in [6, 6.07) is 12.5. The number of benzene rings is 2. The Morgan fingerprint density at radius 1 is 0.711 bits per heavy atom. The molecule has 8 nitrogen and oxygen atoms in total. The number of carbonyl (C=O) groups excluding carboxylic acids is 1. The van der Waals surface area contributed by atoms with Gasteiger partial charge in [0.2, 0.25) is 0 Å². The van der Waals surface area contributed by atoms with Gasteiger partial charge >= 0.3 is 5.97 Å². The number of unbranched alkanes of at least 4 members (excludes halogenated alkanes) is 5. The number of hydrogen-bond acceptors (Lipinski definition) is 8. The summed E-state index contributed by atoms with van der Waals surface area (Å²) in [5.74, 6) is 0.694. The summed E-state index contributed by atoms with van der Waals surface area (Å²) in [6.07, 6.45) is 13.1. The van der Waals surface area contributed by atoms with E-state index in [1.54, 1.807) is 7.11 Å². The van der Waals surface area contributed by atoms with E-state index in [1.807, 2.05) is 25.1 Å². The van der Waals surface area contributed by atoms with Gasteiger partial charge in [0, 0.05) is 5.57 Å². The van der Waals surface area contributed by atoms with E-state index in [4.69, 9.17) is 18.9 Å². The lowest BCUT2D eigenvalue weighted by molar-refractivity contribution is -0.139. The number of carbonyl (C=O) groups is 1. The average molecular weight is 629 g/mol. The average Bonchev–Trinajstić information content (AvgIpc) is 3.36. The second-order valence-electron chi connectivity index (χ2n) is 12.4. The van der Waals surface area contributed by atoms with Gasteiger partial charge in [0.15, 0.2) is 0 Å². The standard InChI is InChI=1S/C37H56O8/c1-28-23-32(37(41)45-28)12-6-4-3-5-7-13-33(38)14-8-9-15-34(39)26-43-21-22-44-27-35(40)16-10-11-29-17-18-31-25-36(42-2)20-19-30(31)24-29/h17-20,23-25,28,33-35,38-40H,3-16,21-22,26-27H2,1-2H3/t28-,33?,34-,35-/m0/s1. The molecule has 1 aliphatic rings. The first-order valence-electron chi connectivity index (χ1n) is 17.0. The van der Waals surface area contributed by atoms with Gasteiger partial charge in [0.1, 0.15) is 11.9 Å². The third kappa shape index (κ3) is 15.1. The van der Waals surface area contributed by atoms with Crippen LogP contribution in [0, 0.1) is 0 Å². The summed E-state index contributed by atoms with van der Waals surface area (Å²) in [7, 11) is 1.67. The zero-order valence-electron chi connectivity index (χ0n) is 27.5. The van der Waals surface area contributed by atoms with Crippen molar-refractivity contribution in [2.45, 2.75) is 121 Å². The number of hydrogen-bond donors (Lipinski definition) is 3. The van der Waals surface area contributed by atoms with Crippen molar-refractivity contribution in [3.63, 3.8) is 0 Å². The fourth-order valence-corrected chi connectivity index (χ4v) is 5.77. The van der Waals surface area contributed by atoms with Crippen LogP contribution < -0.4 is 4.74 Å². The summed E-state index contributed by atoms with van der Waals surface area (Å²) in [6.45, 7) is 3.20. The lowest BCUT2D eigenvalue weighted by Gasteiger charge is -2.14.